The summed E-state index contributed by atoms with van der Waals surface area (Å²) in [7, 11) is 0. The third kappa shape index (κ3) is 5.78. The highest BCUT2D eigenvalue weighted by atomic mass is 35.5. The van der Waals surface area contributed by atoms with Gasteiger partial charge in [0.05, 0.1) is 13.2 Å². The molecule has 0 aliphatic heterocycles. The van der Waals surface area contributed by atoms with E-state index in [1.165, 1.54) is 0 Å². The number of nitrogens with one attached hydrogen (secondary N) is 2. The second kappa shape index (κ2) is 8.60. The normalized spacial score (nSPS) is 10.5. The third-order valence-corrected chi connectivity index (χ3v) is 3.60. The van der Waals surface area contributed by atoms with Crippen LogP contribution in [-0.2, 0) is 4.79 Å². The van der Waals surface area contributed by atoms with E-state index in [9.17, 15) is 4.79 Å². The molecule has 0 saturated carbocycles. The number of amides is 1. The minimum absolute atomic E-state index is 0.125. The summed E-state index contributed by atoms with van der Waals surface area (Å²) < 4.78 is 5.63. The predicted octanol–water partition coefficient (Wildman–Crippen LogP) is 4.73. The predicted molar refractivity (Wildman–Crippen MR) is 100 cm³/mol. The first-order valence-electron chi connectivity index (χ1n) is 7.97. The molecule has 2 N–H and O–H groups in total. The third-order valence-electron chi connectivity index (χ3n) is 3.36. The highest BCUT2D eigenvalue weighted by molar-refractivity contribution is 6.31. The van der Waals surface area contributed by atoms with Crippen LogP contribution in [0.4, 0.5) is 11.4 Å². The second-order valence-corrected chi connectivity index (χ2v) is 6.53. The molecule has 0 heterocycles. The number of carbonyl (C=O) groups is 1. The van der Waals surface area contributed by atoms with Gasteiger partial charge >= 0.3 is 0 Å². The van der Waals surface area contributed by atoms with Crippen molar-refractivity contribution < 1.29 is 9.53 Å². The van der Waals surface area contributed by atoms with E-state index in [4.69, 9.17) is 16.3 Å². The molecule has 0 bridgehead atoms. The maximum absolute atomic E-state index is 12.1. The first kappa shape index (κ1) is 18.1. The zero-order valence-corrected chi connectivity index (χ0v) is 15.0. The molecule has 0 radical (unpaired) electrons. The maximum atomic E-state index is 12.1. The molecule has 1 amide bonds. The number of ether oxygens (including phenoxy) is 1. The number of carbonyl (C=O) groups excluding carboxylic acids is 1. The van der Waals surface area contributed by atoms with Crippen molar-refractivity contribution in [2.75, 3.05) is 23.8 Å². The number of rotatable bonds is 7. The molecular weight excluding hydrogens is 324 g/mol. The summed E-state index contributed by atoms with van der Waals surface area (Å²) in [4.78, 5) is 12.1. The highest BCUT2D eigenvalue weighted by Gasteiger charge is 2.06. The van der Waals surface area contributed by atoms with Gasteiger partial charge in [0, 0.05) is 16.4 Å². The van der Waals surface area contributed by atoms with Gasteiger partial charge in [-0.15, -0.1) is 0 Å². The van der Waals surface area contributed by atoms with Gasteiger partial charge in [-0.05, 0) is 54.8 Å². The molecule has 4 nitrogen and oxygen atoms in total. The molecule has 0 saturated heterocycles. The van der Waals surface area contributed by atoms with Crippen molar-refractivity contribution in [3.63, 3.8) is 0 Å². The molecule has 2 aromatic carbocycles. The topological polar surface area (TPSA) is 50.4 Å². The number of benzene rings is 2. The monoisotopic (exact) mass is 346 g/mol. The van der Waals surface area contributed by atoms with Gasteiger partial charge in [0.15, 0.2) is 0 Å². The summed E-state index contributed by atoms with van der Waals surface area (Å²) in [6.45, 7) is 7.01. The molecule has 128 valence electrons. The van der Waals surface area contributed by atoms with E-state index in [0.717, 1.165) is 22.7 Å². The molecule has 0 aromatic heterocycles. The van der Waals surface area contributed by atoms with Crippen LogP contribution in [-0.4, -0.2) is 19.1 Å². The van der Waals surface area contributed by atoms with Gasteiger partial charge in [-0.3, -0.25) is 4.79 Å². The van der Waals surface area contributed by atoms with Gasteiger partial charge in [0.1, 0.15) is 5.75 Å². The lowest BCUT2D eigenvalue weighted by Crippen LogP contribution is -2.22. The van der Waals surface area contributed by atoms with E-state index in [-0.39, 0.29) is 12.5 Å². The van der Waals surface area contributed by atoms with Gasteiger partial charge < -0.3 is 15.4 Å². The van der Waals surface area contributed by atoms with E-state index < -0.39 is 0 Å². The highest BCUT2D eigenvalue weighted by Crippen LogP contribution is 2.20. The Kier molecular flexibility index (Phi) is 6.50. The average Bonchev–Trinajstić information content (AvgIpc) is 2.55. The number of hydrogen-bond acceptors (Lipinski definition) is 3. The van der Waals surface area contributed by atoms with Crippen LogP contribution < -0.4 is 15.4 Å². The van der Waals surface area contributed by atoms with E-state index in [0.29, 0.717) is 17.5 Å². The number of halogens is 1. The lowest BCUT2D eigenvalue weighted by atomic mass is 10.2. The second-order valence-electron chi connectivity index (χ2n) is 6.09. The largest absolute Gasteiger partial charge is 0.493 e. The minimum Gasteiger partial charge on any atom is -0.493 e. The van der Waals surface area contributed by atoms with Crippen molar-refractivity contribution in [1.82, 2.24) is 0 Å². The van der Waals surface area contributed by atoms with Crippen molar-refractivity contribution in [2.45, 2.75) is 20.8 Å². The van der Waals surface area contributed by atoms with Crippen molar-refractivity contribution in [3.8, 4) is 5.75 Å². The first-order chi connectivity index (χ1) is 11.4. The zero-order chi connectivity index (χ0) is 17.5. The molecule has 24 heavy (non-hydrogen) atoms. The van der Waals surface area contributed by atoms with Crippen LogP contribution in [0.3, 0.4) is 0 Å². The number of aryl methyl sites for hydroxylation is 1. The zero-order valence-electron chi connectivity index (χ0n) is 14.2. The van der Waals surface area contributed by atoms with Crippen LogP contribution in [0.25, 0.3) is 0 Å². The van der Waals surface area contributed by atoms with Crippen LogP contribution in [0.15, 0.2) is 42.5 Å². The van der Waals surface area contributed by atoms with E-state index in [2.05, 4.69) is 24.5 Å². The Hall–Kier alpha value is -2.20. The van der Waals surface area contributed by atoms with E-state index in [1.54, 1.807) is 12.1 Å². The lowest BCUT2D eigenvalue weighted by molar-refractivity contribution is -0.114. The van der Waals surface area contributed by atoms with Crippen molar-refractivity contribution >= 4 is 28.9 Å². The fourth-order valence-corrected chi connectivity index (χ4v) is 2.21. The Morgan fingerprint density at radius 2 is 1.88 bits per heavy atom. The van der Waals surface area contributed by atoms with Crippen LogP contribution >= 0.6 is 11.6 Å². The molecule has 0 atom stereocenters. The first-order valence-corrected chi connectivity index (χ1v) is 8.34. The SMILES string of the molecule is Cc1ccc(Cl)cc1NC(=O)CNc1ccc(OCC(C)C)cc1. The summed E-state index contributed by atoms with van der Waals surface area (Å²) in [5.74, 6) is 1.19. The van der Waals surface area contributed by atoms with E-state index in [1.807, 2.05) is 37.3 Å². The van der Waals surface area contributed by atoms with Crippen molar-refractivity contribution in [2.24, 2.45) is 5.92 Å². The van der Waals surface area contributed by atoms with Gasteiger partial charge in [0.25, 0.3) is 0 Å². The van der Waals surface area contributed by atoms with Crippen LogP contribution in [0, 0.1) is 12.8 Å². The van der Waals surface area contributed by atoms with Crippen molar-refractivity contribution in [1.29, 1.82) is 0 Å². The van der Waals surface area contributed by atoms with Crippen LogP contribution in [0.5, 0.6) is 5.75 Å². The molecule has 5 heteroatoms. The Balaban J connectivity index is 1.84. The minimum atomic E-state index is -0.125. The molecule has 2 rings (SSSR count). The standard InChI is InChI=1S/C19H23ClN2O2/c1-13(2)12-24-17-8-6-16(7-9-17)21-11-19(23)22-18-10-15(20)5-4-14(18)3/h4-10,13,21H,11-12H2,1-3H3,(H,22,23). The summed E-state index contributed by atoms with van der Waals surface area (Å²) in [6, 6.07) is 13.0. The quantitative estimate of drug-likeness (QED) is 0.761. The summed E-state index contributed by atoms with van der Waals surface area (Å²) in [5, 5.41) is 6.54. The molecule has 0 aliphatic carbocycles. The Bertz CT molecular complexity index is 684. The summed E-state index contributed by atoms with van der Waals surface area (Å²) in [5.41, 5.74) is 2.57. The average molecular weight is 347 g/mol. The number of anilines is 2. The van der Waals surface area contributed by atoms with Crippen LogP contribution in [0.1, 0.15) is 19.4 Å². The Labute approximate surface area is 148 Å². The summed E-state index contributed by atoms with van der Waals surface area (Å²) in [6.07, 6.45) is 0. The Morgan fingerprint density at radius 1 is 1.17 bits per heavy atom. The fraction of sp³-hybridized carbons (Fsp3) is 0.316. The number of hydrogen-bond donors (Lipinski definition) is 2. The molecule has 0 unspecified atom stereocenters. The molecule has 0 aliphatic rings. The Morgan fingerprint density at radius 3 is 2.54 bits per heavy atom. The van der Waals surface area contributed by atoms with Crippen molar-refractivity contribution in [3.05, 3.63) is 53.1 Å². The van der Waals surface area contributed by atoms with Gasteiger partial charge in [-0.2, -0.15) is 0 Å². The van der Waals surface area contributed by atoms with Gasteiger partial charge in [-0.1, -0.05) is 31.5 Å². The smallest absolute Gasteiger partial charge is 0.243 e. The maximum Gasteiger partial charge on any atom is 0.243 e. The molecule has 2 aromatic rings. The molecular formula is C19H23ClN2O2. The van der Waals surface area contributed by atoms with Gasteiger partial charge in [-0.25, -0.2) is 0 Å². The fourth-order valence-electron chi connectivity index (χ4n) is 2.04. The van der Waals surface area contributed by atoms with Crippen LogP contribution in [0.2, 0.25) is 5.02 Å². The molecule has 0 fully saturated rings. The summed E-state index contributed by atoms with van der Waals surface area (Å²) >= 11 is 5.95. The lowest BCUT2D eigenvalue weighted by Gasteiger charge is -2.11. The van der Waals surface area contributed by atoms with E-state index >= 15 is 0 Å². The molecule has 0 spiro atoms. The van der Waals surface area contributed by atoms with Gasteiger partial charge in [0.2, 0.25) is 5.91 Å².